The molecule has 0 aromatic carbocycles. The van der Waals surface area contributed by atoms with Crippen molar-refractivity contribution in [3.63, 3.8) is 0 Å². The van der Waals surface area contributed by atoms with Gasteiger partial charge in [0.25, 0.3) is 0 Å². The standard InChI is InChI=1S/C12H22N2O5/c1-3-7-19-9-6-13-12(17)14-10(11(15)16)5-4-8-18-2/h3,10H,1,4-9H2,2H3,(H,15,16)(H2,13,14,17). The topological polar surface area (TPSA) is 96.9 Å². The Balaban J connectivity index is 3.83. The van der Waals surface area contributed by atoms with Crippen LogP contribution in [0.3, 0.4) is 0 Å². The van der Waals surface area contributed by atoms with Crippen LogP contribution in [-0.2, 0) is 14.3 Å². The average Bonchev–Trinajstić information content (AvgIpc) is 2.37. The van der Waals surface area contributed by atoms with Crippen LogP contribution < -0.4 is 10.6 Å². The molecule has 0 saturated heterocycles. The molecule has 1 atom stereocenters. The number of nitrogens with one attached hydrogen (secondary N) is 2. The van der Waals surface area contributed by atoms with Gasteiger partial charge in [-0.25, -0.2) is 9.59 Å². The second-order valence-corrected chi connectivity index (χ2v) is 3.79. The third-order valence-corrected chi connectivity index (χ3v) is 2.21. The summed E-state index contributed by atoms with van der Waals surface area (Å²) in [7, 11) is 1.54. The lowest BCUT2D eigenvalue weighted by molar-refractivity contribution is -0.139. The lowest BCUT2D eigenvalue weighted by Gasteiger charge is -2.14. The molecule has 0 aromatic heterocycles. The number of urea groups is 1. The number of carbonyl (C=O) groups excluding carboxylic acids is 1. The SMILES string of the molecule is C=CCOCCNC(=O)NC(CCCOC)C(=O)O. The highest BCUT2D eigenvalue weighted by molar-refractivity contribution is 5.82. The van der Waals surface area contributed by atoms with Crippen LogP contribution in [0.5, 0.6) is 0 Å². The smallest absolute Gasteiger partial charge is 0.326 e. The number of rotatable bonds is 11. The highest BCUT2D eigenvalue weighted by Crippen LogP contribution is 1.98. The lowest BCUT2D eigenvalue weighted by Crippen LogP contribution is -2.46. The number of amides is 2. The van der Waals surface area contributed by atoms with Crippen molar-refractivity contribution in [1.82, 2.24) is 10.6 Å². The van der Waals surface area contributed by atoms with E-state index in [2.05, 4.69) is 17.2 Å². The zero-order valence-electron chi connectivity index (χ0n) is 11.2. The van der Waals surface area contributed by atoms with Gasteiger partial charge in [0.15, 0.2) is 0 Å². The molecule has 2 amide bonds. The summed E-state index contributed by atoms with van der Waals surface area (Å²) in [5.74, 6) is -1.06. The molecule has 0 rings (SSSR count). The van der Waals surface area contributed by atoms with Crippen molar-refractivity contribution in [3.05, 3.63) is 12.7 Å². The largest absolute Gasteiger partial charge is 0.480 e. The van der Waals surface area contributed by atoms with Crippen molar-refractivity contribution in [2.45, 2.75) is 18.9 Å². The molecule has 7 nitrogen and oxygen atoms in total. The molecule has 1 unspecified atom stereocenters. The van der Waals surface area contributed by atoms with Gasteiger partial charge in [0.2, 0.25) is 0 Å². The van der Waals surface area contributed by atoms with Gasteiger partial charge in [-0.3, -0.25) is 0 Å². The van der Waals surface area contributed by atoms with Gasteiger partial charge in [0, 0.05) is 20.3 Å². The molecule has 110 valence electrons. The number of carboxylic acids is 1. The quantitative estimate of drug-likeness (QED) is 0.373. The van der Waals surface area contributed by atoms with Crippen molar-refractivity contribution >= 4 is 12.0 Å². The van der Waals surface area contributed by atoms with Gasteiger partial charge < -0.3 is 25.2 Å². The van der Waals surface area contributed by atoms with E-state index in [1.54, 1.807) is 13.2 Å². The fraction of sp³-hybridized carbons (Fsp3) is 0.667. The first kappa shape index (κ1) is 17.4. The summed E-state index contributed by atoms with van der Waals surface area (Å²) >= 11 is 0. The molecule has 3 N–H and O–H groups in total. The van der Waals surface area contributed by atoms with Gasteiger partial charge in [-0.1, -0.05) is 6.08 Å². The van der Waals surface area contributed by atoms with Crippen LogP contribution in [0.4, 0.5) is 4.79 Å². The summed E-state index contributed by atoms with van der Waals surface area (Å²) in [6, 6.07) is -1.43. The van der Waals surface area contributed by atoms with E-state index in [1.807, 2.05) is 0 Å². The summed E-state index contributed by atoms with van der Waals surface area (Å²) in [6.07, 6.45) is 2.50. The van der Waals surface area contributed by atoms with E-state index in [1.165, 1.54) is 0 Å². The van der Waals surface area contributed by atoms with E-state index in [-0.39, 0.29) is 0 Å². The molecule has 0 aliphatic heterocycles. The summed E-state index contributed by atoms with van der Waals surface area (Å²) in [5, 5.41) is 13.8. The molecule has 0 bridgehead atoms. The molecule has 0 radical (unpaired) electrons. The predicted octanol–water partition coefficient (Wildman–Crippen LogP) is 0.368. The molecule has 19 heavy (non-hydrogen) atoms. The highest BCUT2D eigenvalue weighted by Gasteiger charge is 2.18. The molecule has 0 saturated carbocycles. The lowest BCUT2D eigenvalue weighted by atomic mass is 10.1. The Morgan fingerprint density at radius 2 is 2.16 bits per heavy atom. The van der Waals surface area contributed by atoms with Crippen LogP contribution in [0.15, 0.2) is 12.7 Å². The zero-order valence-corrected chi connectivity index (χ0v) is 11.2. The van der Waals surface area contributed by atoms with Crippen LogP contribution in [0.1, 0.15) is 12.8 Å². The molecule has 0 fully saturated rings. The van der Waals surface area contributed by atoms with Crippen LogP contribution in [-0.4, -0.2) is 56.6 Å². The van der Waals surface area contributed by atoms with Crippen molar-refractivity contribution < 1.29 is 24.2 Å². The van der Waals surface area contributed by atoms with Crippen LogP contribution in [0.25, 0.3) is 0 Å². The van der Waals surface area contributed by atoms with Crippen LogP contribution in [0, 0.1) is 0 Å². The molecule has 7 heteroatoms. The van der Waals surface area contributed by atoms with Crippen LogP contribution in [0.2, 0.25) is 0 Å². The van der Waals surface area contributed by atoms with Crippen molar-refractivity contribution in [2.75, 3.05) is 33.5 Å². The first-order chi connectivity index (χ1) is 9.11. The number of hydrogen-bond donors (Lipinski definition) is 3. The van der Waals surface area contributed by atoms with Gasteiger partial charge in [-0.15, -0.1) is 6.58 Å². The van der Waals surface area contributed by atoms with E-state index in [0.717, 1.165) is 0 Å². The van der Waals surface area contributed by atoms with E-state index in [0.29, 0.717) is 39.2 Å². The minimum absolute atomic E-state index is 0.310. The third kappa shape index (κ3) is 10.0. The zero-order chi connectivity index (χ0) is 14.5. The monoisotopic (exact) mass is 274 g/mol. The first-order valence-electron chi connectivity index (χ1n) is 6.06. The fourth-order valence-corrected chi connectivity index (χ4v) is 1.30. The number of aliphatic carboxylic acids is 1. The van der Waals surface area contributed by atoms with Crippen molar-refractivity contribution in [1.29, 1.82) is 0 Å². The minimum atomic E-state index is -1.06. The molecule has 0 aromatic rings. The Hall–Kier alpha value is -1.60. The van der Waals surface area contributed by atoms with E-state index in [9.17, 15) is 9.59 Å². The predicted molar refractivity (Wildman–Crippen MR) is 70.1 cm³/mol. The Morgan fingerprint density at radius 1 is 1.42 bits per heavy atom. The second kappa shape index (κ2) is 11.5. The number of carboxylic acid groups (broad SMARTS) is 1. The van der Waals surface area contributed by atoms with E-state index >= 15 is 0 Å². The number of hydrogen-bond acceptors (Lipinski definition) is 4. The van der Waals surface area contributed by atoms with Crippen molar-refractivity contribution in [3.8, 4) is 0 Å². The molecule has 0 spiro atoms. The third-order valence-electron chi connectivity index (χ3n) is 2.21. The van der Waals surface area contributed by atoms with E-state index < -0.39 is 18.0 Å². The fourth-order valence-electron chi connectivity index (χ4n) is 1.30. The maximum atomic E-state index is 11.4. The van der Waals surface area contributed by atoms with Gasteiger partial charge in [-0.2, -0.15) is 0 Å². The Labute approximate surface area is 113 Å². The van der Waals surface area contributed by atoms with Gasteiger partial charge in [-0.05, 0) is 12.8 Å². The maximum Gasteiger partial charge on any atom is 0.326 e. The Bertz CT molecular complexity index is 283. The van der Waals surface area contributed by atoms with Crippen LogP contribution >= 0.6 is 0 Å². The van der Waals surface area contributed by atoms with Gasteiger partial charge in [0.1, 0.15) is 6.04 Å². The number of methoxy groups -OCH3 is 1. The maximum absolute atomic E-state index is 11.4. The highest BCUT2D eigenvalue weighted by atomic mass is 16.5. The van der Waals surface area contributed by atoms with E-state index in [4.69, 9.17) is 14.6 Å². The molecule has 0 aliphatic rings. The second-order valence-electron chi connectivity index (χ2n) is 3.79. The average molecular weight is 274 g/mol. The molecule has 0 heterocycles. The van der Waals surface area contributed by atoms with Gasteiger partial charge in [0.05, 0.1) is 13.2 Å². The molecular formula is C12H22N2O5. The Morgan fingerprint density at radius 3 is 2.74 bits per heavy atom. The molecule has 0 aliphatic carbocycles. The minimum Gasteiger partial charge on any atom is -0.480 e. The summed E-state index contributed by atoms with van der Waals surface area (Å²) < 4.78 is 9.91. The number of ether oxygens (including phenoxy) is 2. The summed E-state index contributed by atoms with van der Waals surface area (Å²) in [6.45, 7) is 5.02. The Kier molecular flexibility index (Phi) is 10.5. The number of carbonyl (C=O) groups is 2. The van der Waals surface area contributed by atoms with Gasteiger partial charge >= 0.3 is 12.0 Å². The van der Waals surface area contributed by atoms with Crippen molar-refractivity contribution in [2.24, 2.45) is 0 Å². The summed E-state index contributed by atoms with van der Waals surface area (Å²) in [5.41, 5.74) is 0. The first-order valence-corrected chi connectivity index (χ1v) is 6.06. The summed E-state index contributed by atoms with van der Waals surface area (Å²) in [4.78, 5) is 22.4. The normalized spacial score (nSPS) is 11.6. The molecular weight excluding hydrogens is 252 g/mol.